The maximum absolute atomic E-state index is 12.9. The van der Waals surface area contributed by atoms with Gasteiger partial charge in [-0.3, -0.25) is 14.4 Å². The third-order valence-corrected chi connectivity index (χ3v) is 4.23. The number of hydrogen-bond acceptors (Lipinski definition) is 5. The number of amides is 3. The molecule has 2 aromatic carbocycles. The van der Waals surface area contributed by atoms with Crippen LogP contribution in [-0.4, -0.2) is 29.4 Å². The van der Waals surface area contributed by atoms with Gasteiger partial charge in [0.25, 0.3) is 5.91 Å². The molecule has 0 radical (unpaired) electrons. The molecule has 0 aliphatic carbocycles. The molecule has 3 rings (SSSR count). The lowest BCUT2D eigenvalue weighted by molar-refractivity contribution is -0.121. The third-order valence-electron chi connectivity index (χ3n) is 4.23. The molecule has 7 nitrogen and oxygen atoms in total. The van der Waals surface area contributed by atoms with E-state index >= 15 is 0 Å². The van der Waals surface area contributed by atoms with Gasteiger partial charge in [0.05, 0.1) is 17.9 Å². The number of carbonyl (C=O) groups excluding carboxylic acids is 3. The molecule has 2 N–H and O–H groups in total. The summed E-state index contributed by atoms with van der Waals surface area (Å²) < 4.78 is 5.61. The summed E-state index contributed by atoms with van der Waals surface area (Å²) in [5.41, 5.74) is 1.19. The van der Waals surface area contributed by atoms with Crippen molar-refractivity contribution < 1.29 is 24.2 Å². The molecule has 0 bridgehead atoms. The molecular weight excluding hydrogens is 372 g/mol. The number of aliphatic hydroxyl groups is 1. The molecule has 1 aliphatic rings. The van der Waals surface area contributed by atoms with E-state index in [2.05, 4.69) is 5.32 Å². The van der Waals surface area contributed by atoms with E-state index in [9.17, 15) is 19.5 Å². The summed E-state index contributed by atoms with van der Waals surface area (Å²) in [6, 6.07) is 12.9. The minimum Gasteiger partial charge on any atom is -0.502 e. The summed E-state index contributed by atoms with van der Waals surface area (Å²) in [7, 11) is 0. The minimum absolute atomic E-state index is 0.0792. The Labute approximate surface area is 168 Å². The van der Waals surface area contributed by atoms with Crippen LogP contribution in [0, 0.1) is 5.92 Å². The Kier molecular flexibility index (Phi) is 5.68. The molecule has 0 unspecified atom stereocenters. The van der Waals surface area contributed by atoms with E-state index in [1.165, 1.54) is 6.92 Å². The van der Waals surface area contributed by atoms with Crippen LogP contribution in [0.3, 0.4) is 0 Å². The average molecular weight is 394 g/mol. The Bertz CT molecular complexity index is 975. The van der Waals surface area contributed by atoms with E-state index in [4.69, 9.17) is 4.74 Å². The lowest BCUT2D eigenvalue weighted by atomic mass is 10.1. The molecule has 2 aromatic rings. The molecule has 7 heteroatoms. The van der Waals surface area contributed by atoms with Crippen molar-refractivity contribution >= 4 is 34.7 Å². The second-order valence-electron chi connectivity index (χ2n) is 7.13. The van der Waals surface area contributed by atoms with Crippen molar-refractivity contribution in [1.82, 2.24) is 0 Å². The summed E-state index contributed by atoms with van der Waals surface area (Å²) >= 11 is 0. The number of nitrogens with one attached hydrogen (secondary N) is 1. The largest absolute Gasteiger partial charge is 0.502 e. The average Bonchev–Trinajstić information content (AvgIpc) is 2.90. The zero-order chi connectivity index (χ0) is 21.1. The zero-order valence-corrected chi connectivity index (χ0v) is 16.4. The highest BCUT2D eigenvalue weighted by Gasteiger charge is 2.40. The summed E-state index contributed by atoms with van der Waals surface area (Å²) in [4.78, 5) is 37.5. The zero-order valence-electron chi connectivity index (χ0n) is 16.4. The van der Waals surface area contributed by atoms with Crippen LogP contribution in [0.1, 0.15) is 26.3 Å². The molecule has 3 amide bonds. The van der Waals surface area contributed by atoms with Gasteiger partial charge in [-0.1, -0.05) is 26.0 Å². The summed E-state index contributed by atoms with van der Waals surface area (Å²) in [5, 5.41) is 12.9. The Morgan fingerprint density at radius 2 is 1.66 bits per heavy atom. The number of imide groups is 1. The van der Waals surface area contributed by atoms with Gasteiger partial charge in [-0.15, -0.1) is 0 Å². The van der Waals surface area contributed by atoms with E-state index < -0.39 is 17.6 Å². The van der Waals surface area contributed by atoms with Gasteiger partial charge in [0, 0.05) is 12.6 Å². The smallest absolute Gasteiger partial charge is 0.301 e. The predicted octanol–water partition coefficient (Wildman–Crippen LogP) is 3.52. The van der Waals surface area contributed by atoms with Crippen molar-refractivity contribution in [3.8, 4) is 5.75 Å². The molecule has 0 aromatic heterocycles. The Balaban J connectivity index is 1.82. The maximum Gasteiger partial charge on any atom is 0.301 e. The first-order chi connectivity index (χ1) is 13.8. The summed E-state index contributed by atoms with van der Waals surface area (Å²) in [6.45, 7) is 6.02. The number of hydrogen-bond donors (Lipinski definition) is 2. The van der Waals surface area contributed by atoms with Gasteiger partial charge in [-0.05, 0) is 47.9 Å². The molecule has 29 heavy (non-hydrogen) atoms. The fourth-order valence-corrected chi connectivity index (χ4v) is 2.89. The number of benzene rings is 2. The van der Waals surface area contributed by atoms with Crippen LogP contribution in [0.15, 0.2) is 54.3 Å². The van der Waals surface area contributed by atoms with E-state index in [-0.39, 0.29) is 11.5 Å². The van der Waals surface area contributed by atoms with E-state index in [0.29, 0.717) is 35.2 Å². The van der Waals surface area contributed by atoms with E-state index in [1.807, 2.05) is 13.8 Å². The van der Waals surface area contributed by atoms with E-state index in [0.717, 1.165) is 4.90 Å². The van der Waals surface area contributed by atoms with Crippen molar-refractivity contribution in [2.45, 2.75) is 20.8 Å². The first-order valence-electron chi connectivity index (χ1n) is 9.21. The monoisotopic (exact) mass is 394 g/mol. The van der Waals surface area contributed by atoms with Crippen LogP contribution < -0.4 is 15.0 Å². The van der Waals surface area contributed by atoms with Crippen LogP contribution in [0.5, 0.6) is 5.75 Å². The lowest BCUT2D eigenvalue weighted by Gasteiger charge is -2.15. The molecule has 0 saturated heterocycles. The fraction of sp³-hybridized carbons (Fsp3) is 0.227. The molecule has 1 heterocycles. The highest BCUT2D eigenvalue weighted by atomic mass is 16.5. The molecular formula is C22H22N2O5. The van der Waals surface area contributed by atoms with Gasteiger partial charge >= 0.3 is 5.91 Å². The molecule has 1 aliphatic heterocycles. The van der Waals surface area contributed by atoms with Crippen LogP contribution in [0.4, 0.5) is 11.4 Å². The van der Waals surface area contributed by atoms with Gasteiger partial charge < -0.3 is 15.2 Å². The second kappa shape index (κ2) is 8.18. The van der Waals surface area contributed by atoms with Gasteiger partial charge in [0.1, 0.15) is 5.75 Å². The quantitative estimate of drug-likeness (QED) is 0.731. The van der Waals surface area contributed by atoms with E-state index in [1.54, 1.807) is 48.5 Å². The normalized spacial score (nSPS) is 14.0. The second-order valence-corrected chi connectivity index (χ2v) is 7.13. The van der Waals surface area contributed by atoms with Crippen LogP contribution in [0.25, 0.3) is 5.57 Å². The topological polar surface area (TPSA) is 95.9 Å². The van der Waals surface area contributed by atoms with Crippen molar-refractivity contribution in [2.75, 3.05) is 16.8 Å². The van der Waals surface area contributed by atoms with Crippen molar-refractivity contribution in [3.05, 3.63) is 59.9 Å². The van der Waals surface area contributed by atoms with Gasteiger partial charge in [0.15, 0.2) is 5.76 Å². The number of carbonyl (C=O) groups is 3. The van der Waals surface area contributed by atoms with Crippen molar-refractivity contribution in [3.63, 3.8) is 0 Å². The lowest BCUT2D eigenvalue weighted by Crippen LogP contribution is -2.31. The van der Waals surface area contributed by atoms with Crippen LogP contribution in [-0.2, 0) is 14.4 Å². The number of ether oxygens (including phenoxy) is 1. The Morgan fingerprint density at radius 3 is 2.21 bits per heavy atom. The van der Waals surface area contributed by atoms with Crippen molar-refractivity contribution in [2.24, 2.45) is 5.92 Å². The third kappa shape index (κ3) is 4.29. The molecule has 150 valence electrons. The van der Waals surface area contributed by atoms with Crippen LogP contribution >= 0.6 is 0 Å². The predicted molar refractivity (Wildman–Crippen MR) is 110 cm³/mol. The van der Waals surface area contributed by atoms with Crippen molar-refractivity contribution in [1.29, 1.82) is 0 Å². The number of rotatable bonds is 6. The fourth-order valence-electron chi connectivity index (χ4n) is 2.89. The summed E-state index contributed by atoms with van der Waals surface area (Å²) in [5.74, 6) is -1.23. The molecule has 0 saturated carbocycles. The maximum atomic E-state index is 12.9. The van der Waals surface area contributed by atoms with Gasteiger partial charge in [0.2, 0.25) is 5.91 Å². The standard InChI is InChI=1S/C22H22N2O5/c1-13(2)12-29-18-10-8-17(9-11-18)24-21(27)19(20(26)22(24)28)15-4-6-16(7-5-15)23-14(3)25/h4-11,13,26H,12H2,1-3H3,(H,23,25). The first kappa shape index (κ1) is 20.1. The minimum atomic E-state index is -0.785. The number of anilines is 2. The Morgan fingerprint density at radius 1 is 1.03 bits per heavy atom. The molecule has 0 atom stereocenters. The van der Waals surface area contributed by atoms with Gasteiger partial charge in [-0.25, -0.2) is 4.90 Å². The molecule has 0 spiro atoms. The number of nitrogens with zero attached hydrogens (tertiary/aromatic N) is 1. The highest BCUT2D eigenvalue weighted by molar-refractivity contribution is 6.44. The highest BCUT2D eigenvalue weighted by Crippen LogP contribution is 2.33. The van der Waals surface area contributed by atoms with Gasteiger partial charge in [-0.2, -0.15) is 0 Å². The molecule has 0 fully saturated rings. The van der Waals surface area contributed by atoms with Crippen LogP contribution in [0.2, 0.25) is 0 Å². The number of aliphatic hydroxyl groups excluding tert-OH is 1. The SMILES string of the molecule is CC(=O)Nc1ccc(C2=C(O)C(=O)N(c3ccc(OCC(C)C)cc3)C2=O)cc1. The summed E-state index contributed by atoms with van der Waals surface area (Å²) in [6.07, 6.45) is 0. The Hall–Kier alpha value is -3.61. The first-order valence-corrected chi connectivity index (χ1v) is 9.21.